The molecule has 0 spiro atoms. The molecule has 29 heavy (non-hydrogen) atoms. The van der Waals surface area contributed by atoms with Crippen LogP contribution in [-0.4, -0.2) is 55.1 Å². The molecule has 152 valence electrons. The fourth-order valence-corrected chi connectivity index (χ4v) is 3.98. The van der Waals surface area contributed by atoms with Crippen LogP contribution in [0.5, 0.6) is 11.5 Å². The van der Waals surface area contributed by atoms with Crippen LogP contribution in [0.25, 0.3) is 0 Å². The highest BCUT2D eigenvalue weighted by atomic mass is 79.9. The molecule has 2 aromatic carbocycles. The van der Waals surface area contributed by atoms with E-state index in [1.807, 2.05) is 17.0 Å². The van der Waals surface area contributed by atoms with Crippen LogP contribution in [-0.2, 0) is 11.2 Å². The summed E-state index contributed by atoms with van der Waals surface area (Å²) in [6.07, 6.45) is 0.286. The predicted octanol–water partition coefficient (Wildman–Crippen LogP) is 3.02. The number of hydrogen-bond donors (Lipinski definition) is 0. The number of ether oxygens (including phenoxy) is 2. The van der Waals surface area contributed by atoms with E-state index in [4.69, 9.17) is 9.47 Å². The molecule has 9 heteroatoms. The summed E-state index contributed by atoms with van der Waals surface area (Å²) in [7, 11) is 0. The highest BCUT2D eigenvalue weighted by Crippen LogP contribution is 2.36. The number of benzene rings is 2. The molecule has 0 unspecified atom stereocenters. The lowest BCUT2D eigenvalue weighted by atomic mass is 10.1. The van der Waals surface area contributed by atoms with Gasteiger partial charge in [0.25, 0.3) is 5.69 Å². The number of carbonyl (C=O) groups is 1. The van der Waals surface area contributed by atoms with Gasteiger partial charge in [-0.15, -0.1) is 0 Å². The Balaban J connectivity index is 1.36. The summed E-state index contributed by atoms with van der Waals surface area (Å²) in [5, 5.41) is 10.8. The van der Waals surface area contributed by atoms with Crippen LogP contribution >= 0.6 is 15.9 Å². The molecule has 1 amide bonds. The van der Waals surface area contributed by atoms with Crippen molar-refractivity contribution < 1.29 is 19.2 Å². The highest BCUT2D eigenvalue weighted by molar-refractivity contribution is 9.10. The van der Waals surface area contributed by atoms with E-state index in [1.54, 1.807) is 12.1 Å². The van der Waals surface area contributed by atoms with Crippen molar-refractivity contribution in [1.82, 2.24) is 4.90 Å². The summed E-state index contributed by atoms with van der Waals surface area (Å²) in [5.74, 6) is 1.42. The fourth-order valence-electron chi connectivity index (χ4n) is 3.52. The lowest BCUT2D eigenvalue weighted by Gasteiger charge is -2.36. The van der Waals surface area contributed by atoms with Crippen LogP contribution in [0.1, 0.15) is 5.56 Å². The summed E-state index contributed by atoms with van der Waals surface area (Å²) < 4.78 is 12.0. The third kappa shape index (κ3) is 4.29. The van der Waals surface area contributed by atoms with E-state index < -0.39 is 4.92 Å². The monoisotopic (exact) mass is 461 g/mol. The van der Waals surface area contributed by atoms with Gasteiger partial charge in [-0.2, -0.15) is 0 Å². The SMILES string of the molecule is O=C(Cc1cc2c(cc1Br)OCCO2)N1CCN(c2ccc([N+](=O)[O-])cc2)CC1. The van der Waals surface area contributed by atoms with Gasteiger partial charge in [0.05, 0.1) is 11.3 Å². The van der Waals surface area contributed by atoms with E-state index >= 15 is 0 Å². The maximum absolute atomic E-state index is 12.8. The molecule has 0 aliphatic carbocycles. The molecule has 0 N–H and O–H groups in total. The van der Waals surface area contributed by atoms with Crippen molar-refractivity contribution in [2.24, 2.45) is 0 Å². The molecule has 2 aromatic rings. The molecule has 2 aliphatic heterocycles. The van der Waals surface area contributed by atoms with Crippen molar-refractivity contribution >= 4 is 33.2 Å². The van der Waals surface area contributed by atoms with Gasteiger partial charge in [-0.25, -0.2) is 0 Å². The molecule has 1 saturated heterocycles. The molecule has 0 saturated carbocycles. The summed E-state index contributed by atoms with van der Waals surface area (Å²) in [6.45, 7) is 3.62. The van der Waals surface area contributed by atoms with Gasteiger partial charge in [0.2, 0.25) is 5.91 Å². The Labute approximate surface area is 176 Å². The van der Waals surface area contributed by atoms with E-state index in [9.17, 15) is 14.9 Å². The van der Waals surface area contributed by atoms with E-state index in [-0.39, 0.29) is 18.0 Å². The Morgan fingerprint density at radius 3 is 2.28 bits per heavy atom. The number of nitro groups is 1. The molecule has 0 atom stereocenters. The maximum atomic E-state index is 12.8. The van der Waals surface area contributed by atoms with Crippen LogP contribution in [0.3, 0.4) is 0 Å². The second kappa shape index (κ2) is 8.28. The van der Waals surface area contributed by atoms with Gasteiger partial charge in [0, 0.05) is 48.5 Å². The van der Waals surface area contributed by atoms with Gasteiger partial charge in [-0.3, -0.25) is 14.9 Å². The number of fused-ring (bicyclic) bond motifs is 1. The van der Waals surface area contributed by atoms with E-state index in [1.165, 1.54) is 12.1 Å². The largest absolute Gasteiger partial charge is 0.486 e. The second-order valence-electron chi connectivity index (χ2n) is 6.91. The van der Waals surface area contributed by atoms with Gasteiger partial charge in [-0.05, 0) is 29.8 Å². The zero-order valence-corrected chi connectivity index (χ0v) is 17.3. The number of halogens is 1. The van der Waals surface area contributed by atoms with Crippen LogP contribution in [0.15, 0.2) is 40.9 Å². The molecular formula is C20H20BrN3O5. The first-order chi connectivity index (χ1) is 14.0. The number of nitro benzene ring substituents is 1. The first kappa shape index (κ1) is 19.5. The standard InChI is InChI=1S/C20H20BrN3O5/c21-17-13-19-18(28-9-10-29-19)11-14(17)12-20(25)23-7-5-22(6-8-23)15-1-3-16(4-2-15)24(26)27/h1-4,11,13H,5-10,12H2. The number of rotatable bonds is 4. The van der Waals surface area contributed by atoms with Crippen LogP contribution in [0, 0.1) is 10.1 Å². The van der Waals surface area contributed by atoms with Gasteiger partial charge < -0.3 is 19.3 Å². The average Bonchev–Trinajstić information content (AvgIpc) is 2.74. The minimum Gasteiger partial charge on any atom is -0.486 e. The number of anilines is 1. The zero-order valence-electron chi connectivity index (χ0n) is 15.7. The Bertz CT molecular complexity index is 926. The molecule has 2 heterocycles. The Morgan fingerprint density at radius 2 is 1.66 bits per heavy atom. The Morgan fingerprint density at radius 1 is 1.03 bits per heavy atom. The first-order valence-electron chi connectivity index (χ1n) is 9.36. The third-order valence-electron chi connectivity index (χ3n) is 5.11. The molecule has 1 fully saturated rings. The van der Waals surface area contributed by atoms with Crippen molar-refractivity contribution in [3.63, 3.8) is 0 Å². The van der Waals surface area contributed by atoms with Gasteiger partial charge in [-0.1, -0.05) is 15.9 Å². The van der Waals surface area contributed by atoms with Gasteiger partial charge >= 0.3 is 0 Å². The summed E-state index contributed by atoms with van der Waals surface area (Å²) >= 11 is 3.52. The number of piperazine rings is 1. The molecule has 0 aromatic heterocycles. The summed E-state index contributed by atoms with van der Waals surface area (Å²) in [4.78, 5) is 27.2. The normalized spacial score (nSPS) is 15.9. The topological polar surface area (TPSA) is 85.2 Å². The lowest BCUT2D eigenvalue weighted by Crippen LogP contribution is -2.49. The van der Waals surface area contributed by atoms with E-state index in [2.05, 4.69) is 20.8 Å². The minimum atomic E-state index is -0.406. The lowest BCUT2D eigenvalue weighted by molar-refractivity contribution is -0.384. The summed E-state index contributed by atoms with van der Waals surface area (Å²) in [6, 6.07) is 10.2. The fraction of sp³-hybridized carbons (Fsp3) is 0.350. The molecule has 4 rings (SSSR count). The molecule has 2 aliphatic rings. The average molecular weight is 462 g/mol. The molecular weight excluding hydrogens is 442 g/mol. The van der Waals surface area contributed by atoms with Crippen molar-refractivity contribution in [3.8, 4) is 11.5 Å². The number of non-ortho nitro benzene ring substituents is 1. The third-order valence-corrected chi connectivity index (χ3v) is 5.85. The van der Waals surface area contributed by atoms with Crippen molar-refractivity contribution in [1.29, 1.82) is 0 Å². The van der Waals surface area contributed by atoms with E-state index in [0.717, 1.165) is 15.7 Å². The van der Waals surface area contributed by atoms with Crippen LogP contribution < -0.4 is 14.4 Å². The smallest absolute Gasteiger partial charge is 0.269 e. The number of hydrogen-bond acceptors (Lipinski definition) is 6. The maximum Gasteiger partial charge on any atom is 0.269 e. The van der Waals surface area contributed by atoms with Gasteiger partial charge in [0.1, 0.15) is 13.2 Å². The van der Waals surface area contributed by atoms with Crippen molar-refractivity contribution in [3.05, 3.63) is 56.5 Å². The highest BCUT2D eigenvalue weighted by Gasteiger charge is 2.23. The van der Waals surface area contributed by atoms with Gasteiger partial charge in [0.15, 0.2) is 11.5 Å². The van der Waals surface area contributed by atoms with Crippen LogP contribution in [0.2, 0.25) is 0 Å². The Kier molecular flexibility index (Phi) is 5.57. The first-order valence-corrected chi connectivity index (χ1v) is 10.2. The second-order valence-corrected chi connectivity index (χ2v) is 7.76. The van der Waals surface area contributed by atoms with Crippen LogP contribution in [0.4, 0.5) is 11.4 Å². The number of carbonyl (C=O) groups excluding carboxylic acids is 1. The zero-order chi connectivity index (χ0) is 20.4. The van der Waals surface area contributed by atoms with E-state index in [0.29, 0.717) is 50.9 Å². The quantitative estimate of drug-likeness (QED) is 0.513. The van der Waals surface area contributed by atoms with Crippen molar-refractivity contribution in [2.45, 2.75) is 6.42 Å². The number of nitrogens with zero attached hydrogens (tertiary/aromatic N) is 3. The van der Waals surface area contributed by atoms with Crippen molar-refractivity contribution in [2.75, 3.05) is 44.3 Å². The summed E-state index contributed by atoms with van der Waals surface area (Å²) in [5.41, 5.74) is 1.88. The molecule has 0 bridgehead atoms. The molecule has 8 nitrogen and oxygen atoms in total. The number of amides is 1. The predicted molar refractivity (Wildman–Crippen MR) is 111 cm³/mol. The Hall–Kier alpha value is -2.81. The molecule has 0 radical (unpaired) electrons. The minimum absolute atomic E-state index is 0.0609.